The monoisotopic (exact) mass is 368 g/mol. The van der Waals surface area contributed by atoms with Crippen molar-refractivity contribution in [2.24, 2.45) is 0 Å². The van der Waals surface area contributed by atoms with E-state index in [1.165, 1.54) is 22.7 Å². The Morgan fingerprint density at radius 1 is 1.00 bits per heavy atom. The molecule has 0 spiro atoms. The van der Waals surface area contributed by atoms with Crippen molar-refractivity contribution in [3.05, 3.63) is 80.3 Å². The summed E-state index contributed by atoms with van der Waals surface area (Å²) in [6.07, 6.45) is 1.68. The molecule has 0 aliphatic rings. The number of amides is 2. The summed E-state index contributed by atoms with van der Waals surface area (Å²) in [5.74, 6) is -0.652. The van der Waals surface area contributed by atoms with Gasteiger partial charge in [-0.05, 0) is 53.6 Å². The lowest BCUT2D eigenvalue weighted by Crippen LogP contribution is -2.30. The summed E-state index contributed by atoms with van der Waals surface area (Å²) in [5.41, 5.74) is 1.94. The third-order valence-corrected chi connectivity index (χ3v) is 5.03. The van der Waals surface area contributed by atoms with Gasteiger partial charge in [-0.1, -0.05) is 24.3 Å². The van der Waals surface area contributed by atoms with Crippen molar-refractivity contribution < 1.29 is 9.59 Å². The van der Waals surface area contributed by atoms with Gasteiger partial charge in [0.2, 0.25) is 0 Å². The molecule has 126 valence electrons. The number of rotatable bonds is 5. The lowest BCUT2D eigenvalue weighted by Gasteiger charge is -2.10. The molecule has 2 heterocycles. The molecule has 0 saturated carbocycles. The van der Waals surface area contributed by atoms with E-state index in [1.54, 1.807) is 18.2 Å². The first-order valence-electron chi connectivity index (χ1n) is 7.60. The van der Waals surface area contributed by atoms with Crippen LogP contribution in [0.4, 0.5) is 5.69 Å². The molecule has 25 heavy (non-hydrogen) atoms. The molecule has 0 saturated heterocycles. The maximum absolute atomic E-state index is 12.7. The second-order valence-corrected chi connectivity index (χ2v) is 7.26. The van der Waals surface area contributed by atoms with Crippen LogP contribution in [0.1, 0.15) is 20.1 Å². The first-order chi connectivity index (χ1) is 12.1. The molecular weight excluding hydrogens is 352 g/mol. The number of hydrogen-bond donors (Lipinski definition) is 2. The van der Waals surface area contributed by atoms with Crippen LogP contribution in [0.5, 0.6) is 0 Å². The van der Waals surface area contributed by atoms with Crippen LogP contribution in [0.15, 0.2) is 65.0 Å². The predicted octanol–water partition coefficient (Wildman–Crippen LogP) is 4.53. The SMILES string of the molecule is Cc1cccc(NC(=O)/C(=C/c2cccs2)NC(=O)c2cccs2)c1. The van der Waals surface area contributed by atoms with E-state index in [2.05, 4.69) is 10.6 Å². The van der Waals surface area contributed by atoms with E-state index in [-0.39, 0.29) is 17.5 Å². The van der Waals surface area contributed by atoms with Crippen LogP contribution in [0.2, 0.25) is 0 Å². The molecular formula is C19H16N2O2S2. The van der Waals surface area contributed by atoms with Crippen molar-refractivity contribution in [2.45, 2.75) is 6.92 Å². The van der Waals surface area contributed by atoms with Crippen molar-refractivity contribution in [2.75, 3.05) is 5.32 Å². The third kappa shape index (κ3) is 4.65. The number of thiophene rings is 2. The summed E-state index contributed by atoms with van der Waals surface area (Å²) in [7, 11) is 0. The second-order valence-electron chi connectivity index (χ2n) is 5.33. The minimum absolute atomic E-state index is 0.211. The Balaban J connectivity index is 1.83. The number of benzene rings is 1. The van der Waals surface area contributed by atoms with Gasteiger partial charge in [-0.2, -0.15) is 0 Å². The molecule has 1 aromatic carbocycles. The molecule has 0 radical (unpaired) electrons. The Labute approximate surface area is 153 Å². The van der Waals surface area contributed by atoms with Gasteiger partial charge >= 0.3 is 0 Å². The lowest BCUT2D eigenvalue weighted by molar-refractivity contribution is -0.113. The highest BCUT2D eigenvalue weighted by Crippen LogP contribution is 2.16. The van der Waals surface area contributed by atoms with Gasteiger partial charge in [-0.3, -0.25) is 9.59 Å². The largest absolute Gasteiger partial charge is 0.321 e. The Bertz CT molecular complexity index is 897. The predicted molar refractivity (Wildman–Crippen MR) is 104 cm³/mol. The second kappa shape index (κ2) is 7.92. The molecule has 0 unspecified atom stereocenters. The number of nitrogens with one attached hydrogen (secondary N) is 2. The topological polar surface area (TPSA) is 58.2 Å². The van der Waals surface area contributed by atoms with E-state index in [1.807, 2.05) is 54.1 Å². The number of anilines is 1. The molecule has 0 bridgehead atoms. The molecule has 0 fully saturated rings. The Morgan fingerprint density at radius 3 is 2.48 bits per heavy atom. The van der Waals surface area contributed by atoms with E-state index >= 15 is 0 Å². The summed E-state index contributed by atoms with van der Waals surface area (Å²) in [6, 6.07) is 14.8. The normalized spacial score (nSPS) is 11.2. The van der Waals surface area contributed by atoms with Crippen molar-refractivity contribution in [3.8, 4) is 0 Å². The summed E-state index contributed by atoms with van der Waals surface area (Å²) in [6.45, 7) is 1.95. The van der Waals surface area contributed by atoms with Gasteiger partial charge in [-0.15, -0.1) is 22.7 Å². The van der Waals surface area contributed by atoms with Gasteiger partial charge in [0.05, 0.1) is 4.88 Å². The quantitative estimate of drug-likeness (QED) is 0.650. The molecule has 2 amide bonds. The minimum Gasteiger partial charge on any atom is -0.321 e. The smallest absolute Gasteiger partial charge is 0.272 e. The van der Waals surface area contributed by atoms with E-state index in [0.717, 1.165) is 10.4 Å². The summed E-state index contributed by atoms with van der Waals surface area (Å²) in [5, 5.41) is 9.30. The van der Waals surface area contributed by atoms with Crippen molar-refractivity contribution in [3.63, 3.8) is 0 Å². The number of carbonyl (C=O) groups excluding carboxylic acids is 2. The van der Waals surface area contributed by atoms with Crippen LogP contribution in [-0.4, -0.2) is 11.8 Å². The Kier molecular flexibility index (Phi) is 5.42. The standard InChI is InChI=1S/C19H16N2O2S2/c1-13-5-2-6-14(11-13)20-18(22)16(12-15-7-3-9-24-15)21-19(23)17-8-4-10-25-17/h2-12H,1H3,(H,20,22)(H,21,23)/b16-12-. The average Bonchev–Trinajstić information content (AvgIpc) is 3.28. The maximum atomic E-state index is 12.7. The fourth-order valence-electron chi connectivity index (χ4n) is 2.19. The Hall–Kier alpha value is -2.70. The molecule has 0 aliphatic heterocycles. The zero-order valence-corrected chi connectivity index (χ0v) is 15.1. The summed E-state index contributed by atoms with van der Waals surface area (Å²) in [4.78, 5) is 26.5. The van der Waals surface area contributed by atoms with Crippen LogP contribution >= 0.6 is 22.7 Å². The molecule has 0 atom stereocenters. The zero-order chi connectivity index (χ0) is 17.6. The zero-order valence-electron chi connectivity index (χ0n) is 13.5. The Morgan fingerprint density at radius 2 is 1.80 bits per heavy atom. The van der Waals surface area contributed by atoms with Crippen molar-refractivity contribution >= 4 is 46.3 Å². The molecule has 2 N–H and O–H groups in total. The van der Waals surface area contributed by atoms with Crippen molar-refractivity contribution in [1.82, 2.24) is 5.32 Å². The van der Waals surface area contributed by atoms with Crippen LogP contribution in [0, 0.1) is 6.92 Å². The summed E-state index contributed by atoms with van der Waals surface area (Å²) >= 11 is 2.83. The van der Waals surface area contributed by atoms with Crippen LogP contribution in [0.25, 0.3) is 6.08 Å². The van der Waals surface area contributed by atoms with E-state index in [4.69, 9.17) is 0 Å². The number of carbonyl (C=O) groups is 2. The fraction of sp³-hybridized carbons (Fsp3) is 0.0526. The van der Waals surface area contributed by atoms with Crippen LogP contribution in [-0.2, 0) is 4.79 Å². The van der Waals surface area contributed by atoms with Gasteiger partial charge in [0.1, 0.15) is 5.70 Å². The van der Waals surface area contributed by atoms with Crippen LogP contribution < -0.4 is 10.6 Å². The van der Waals surface area contributed by atoms with Gasteiger partial charge < -0.3 is 10.6 Å². The molecule has 0 aliphatic carbocycles. The fourth-order valence-corrected chi connectivity index (χ4v) is 3.46. The molecule has 2 aromatic heterocycles. The van der Waals surface area contributed by atoms with Gasteiger partial charge in [-0.25, -0.2) is 0 Å². The van der Waals surface area contributed by atoms with Crippen LogP contribution in [0.3, 0.4) is 0 Å². The highest BCUT2D eigenvalue weighted by atomic mass is 32.1. The first-order valence-corrected chi connectivity index (χ1v) is 9.36. The molecule has 6 heteroatoms. The third-order valence-electron chi connectivity index (χ3n) is 3.34. The maximum Gasteiger partial charge on any atom is 0.272 e. The molecule has 3 aromatic rings. The van der Waals surface area contributed by atoms with E-state index in [9.17, 15) is 9.59 Å². The highest BCUT2D eigenvalue weighted by Gasteiger charge is 2.15. The highest BCUT2D eigenvalue weighted by molar-refractivity contribution is 7.12. The van der Waals surface area contributed by atoms with E-state index < -0.39 is 0 Å². The molecule has 3 rings (SSSR count). The van der Waals surface area contributed by atoms with Gasteiger partial charge in [0, 0.05) is 10.6 Å². The lowest BCUT2D eigenvalue weighted by atomic mass is 10.2. The van der Waals surface area contributed by atoms with Gasteiger partial charge in [0.15, 0.2) is 0 Å². The van der Waals surface area contributed by atoms with E-state index in [0.29, 0.717) is 10.6 Å². The number of hydrogen-bond acceptors (Lipinski definition) is 4. The summed E-state index contributed by atoms with van der Waals surface area (Å²) < 4.78 is 0. The minimum atomic E-state index is -0.357. The van der Waals surface area contributed by atoms with Crippen molar-refractivity contribution in [1.29, 1.82) is 0 Å². The van der Waals surface area contributed by atoms with Gasteiger partial charge in [0.25, 0.3) is 11.8 Å². The first kappa shape index (κ1) is 17.1. The molecule has 4 nitrogen and oxygen atoms in total. The number of aryl methyl sites for hydroxylation is 1. The average molecular weight is 368 g/mol.